The minimum absolute atomic E-state index is 0.287. The second-order valence-corrected chi connectivity index (χ2v) is 3.33. The minimum atomic E-state index is -1.61. The van der Waals surface area contributed by atoms with E-state index in [1.54, 1.807) is 6.07 Å². The molecule has 0 radical (unpaired) electrons. The number of hydrogen-bond donors (Lipinski definition) is 3. The number of rotatable bonds is 3. The van der Waals surface area contributed by atoms with Crippen LogP contribution in [0.15, 0.2) is 18.2 Å². The van der Waals surface area contributed by atoms with E-state index in [2.05, 4.69) is 4.98 Å². The third kappa shape index (κ3) is 1.52. The zero-order valence-electron chi connectivity index (χ0n) is 9.02. The Labute approximate surface area is 92.8 Å². The van der Waals surface area contributed by atoms with Gasteiger partial charge in [0.15, 0.2) is 5.88 Å². The number of nitrogens with one attached hydrogen (secondary N) is 1. The van der Waals surface area contributed by atoms with Crippen LogP contribution in [0.25, 0.3) is 10.9 Å². The molecule has 0 unspecified atom stereocenters. The molecule has 6 heteroatoms. The lowest BCUT2D eigenvalue weighted by molar-refractivity contribution is 0.394. The number of methoxy groups -OCH3 is 2. The molecule has 1 aromatic heterocycles. The summed E-state index contributed by atoms with van der Waals surface area (Å²) in [6, 6.07) is 5.37. The van der Waals surface area contributed by atoms with Crippen LogP contribution in [-0.4, -0.2) is 36.4 Å². The van der Waals surface area contributed by atoms with Gasteiger partial charge in [0.05, 0.1) is 25.2 Å². The quantitative estimate of drug-likeness (QED) is 0.631. The highest BCUT2D eigenvalue weighted by atomic mass is 16.5. The molecule has 2 rings (SSSR count). The average Bonchev–Trinajstić information content (AvgIpc) is 2.66. The van der Waals surface area contributed by atoms with Crippen LogP contribution in [0.3, 0.4) is 0 Å². The first-order valence-electron chi connectivity index (χ1n) is 4.77. The fourth-order valence-electron chi connectivity index (χ4n) is 1.79. The molecule has 5 nitrogen and oxygen atoms in total. The highest BCUT2D eigenvalue weighted by Gasteiger charge is 2.25. The van der Waals surface area contributed by atoms with Gasteiger partial charge in [0.2, 0.25) is 0 Å². The van der Waals surface area contributed by atoms with Crippen LogP contribution in [0, 0.1) is 0 Å². The Morgan fingerprint density at radius 3 is 2.50 bits per heavy atom. The van der Waals surface area contributed by atoms with E-state index in [-0.39, 0.29) is 5.46 Å². The molecule has 0 amide bonds. The normalized spacial score (nSPS) is 10.5. The van der Waals surface area contributed by atoms with E-state index < -0.39 is 7.12 Å². The van der Waals surface area contributed by atoms with Crippen molar-refractivity contribution in [3.05, 3.63) is 18.2 Å². The molecule has 1 heterocycles. The number of aromatic amines is 1. The predicted octanol–water partition coefficient (Wildman–Crippen LogP) is -0.135. The molecule has 1 aromatic carbocycles. The third-order valence-corrected chi connectivity index (χ3v) is 2.47. The highest BCUT2D eigenvalue weighted by molar-refractivity contribution is 6.63. The number of fused-ring (bicyclic) bond motifs is 1. The van der Waals surface area contributed by atoms with Gasteiger partial charge in [-0.1, -0.05) is 6.07 Å². The van der Waals surface area contributed by atoms with Crippen molar-refractivity contribution in [2.45, 2.75) is 0 Å². The van der Waals surface area contributed by atoms with Crippen molar-refractivity contribution >= 4 is 23.5 Å². The van der Waals surface area contributed by atoms with Gasteiger partial charge < -0.3 is 24.5 Å². The first-order chi connectivity index (χ1) is 7.69. The second-order valence-electron chi connectivity index (χ2n) is 3.33. The van der Waals surface area contributed by atoms with E-state index in [1.165, 1.54) is 14.2 Å². The lowest BCUT2D eigenvalue weighted by Crippen LogP contribution is -2.30. The lowest BCUT2D eigenvalue weighted by atomic mass is 9.79. The summed E-state index contributed by atoms with van der Waals surface area (Å²) in [6.07, 6.45) is 0. The molecule has 0 saturated heterocycles. The fourth-order valence-corrected chi connectivity index (χ4v) is 1.79. The Balaban J connectivity index is 2.80. The van der Waals surface area contributed by atoms with E-state index in [0.717, 1.165) is 5.52 Å². The Morgan fingerprint density at radius 2 is 1.94 bits per heavy atom. The molecule has 0 fully saturated rings. The molecular formula is C10H12BNO4. The number of benzene rings is 1. The first-order valence-corrected chi connectivity index (χ1v) is 4.77. The van der Waals surface area contributed by atoms with E-state index in [1.807, 2.05) is 12.1 Å². The van der Waals surface area contributed by atoms with Crippen LogP contribution in [0.4, 0.5) is 0 Å². The molecule has 0 spiro atoms. The van der Waals surface area contributed by atoms with Crippen molar-refractivity contribution in [2.24, 2.45) is 0 Å². The molecule has 0 atom stereocenters. The van der Waals surface area contributed by atoms with Gasteiger partial charge in [0.1, 0.15) is 5.75 Å². The average molecular weight is 221 g/mol. The van der Waals surface area contributed by atoms with Gasteiger partial charge >= 0.3 is 7.12 Å². The maximum absolute atomic E-state index is 9.34. The maximum atomic E-state index is 9.34. The molecule has 0 aliphatic heterocycles. The van der Waals surface area contributed by atoms with E-state index in [0.29, 0.717) is 17.0 Å². The molecule has 0 bridgehead atoms. The van der Waals surface area contributed by atoms with Crippen molar-refractivity contribution in [1.29, 1.82) is 0 Å². The Bertz CT molecular complexity index is 509. The summed E-state index contributed by atoms with van der Waals surface area (Å²) < 4.78 is 10.2. The standard InChI is InChI=1S/C10H12BNO4/c1-15-7-5-3-4-6-8(7)9(11(13)14)10(12-6)16-2/h3-5,12-14H,1-2H3. The van der Waals surface area contributed by atoms with Crippen molar-refractivity contribution in [1.82, 2.24) is 4.98 Å². The lowest BCUT2D eigenvalue weighted by Gasteiger charge is -2.04. The third-order valence-electron chi connectivity index (χ3n) is 2.47. The van der Waals surface area contributed by atoms with Crippen LogP contribution in [-0.2, 0) is 0 Å². The van der Waals surface area contributed by atoms with Crippen molar-refractivity contribution in [3.8, 4) is 11.6 Å². The summed E-state index contributed by atoms with van der Waals surface area (Å²) in [7, 11) is 1.38. The topological polar surface area (TPSA) is 74.7 Å². The number of hydrogen-bond acceptors (Lipinski definition) is 4. The highest BCUT2D eigenvalue weighted by Crippen LogP contribution is 2.27. The predicted molar refractivity (Wildman–Crippen MR) is 61.2 cm³/mol. The molecule has 0 saturated carbocycles. The Hall–Kier alpha value is -1.66. The van der Waals surface area contributed by atoms with Gasteiger partial charge in [-0.05, 0) is 12.1 Å². The number of aromatic nitrogens is 1. The van der Waals surface area contributed by atoms with Crippen LogP contribution in [0.2, 0.25) is 0 Å². The maximum Gasteiger partial charge on any atom is 0.494 e. The van der Waals surface area contributed by atoms with Crippen molar-refractivity contribution < 1.29 is 19.5 Å². The summed E-state index contributed by atoms with van der Waals surface area (Å²) in [6.45, 7) is 0. The van der Waals surface area contributed by atoms with Gasteiger partial charge in [-0.3, -0.25) is 0 Å². The van der Waals surface area contributed by atoms with Crippen LogP contribution >= 0.6 is 0 Å². The summed E-state index contributed by atoms with van der Waals surface area (Å²) >= 11 is 0. The Morgan fingerprint density at radius 1 is 1.19 bits per heavy atom. The summed E-state index contributed by atoms with van der Waals surface area (Å²) in [5.41, 5.74) is 1.02. The molecule has 0 aliphatic carbocycles. The van der Waals surface area contributed by atoms with E-state index in [4.69, 9.17) is 9.47 Å². The van der Waals surface area contributed by atoms with E-state index in [9.17, 15) is 10.0 Å². The molecule has 0 aliphatic rings. The molecule has 16 heavy (non-hydrogen) atoms. The van der Waals surface area contributed by atoms with E-state index >= 15 is 0 Å². The largest absolute Gasteiger partial charge is 0.496 e. The zero-order chi connectivity index (χ0) is 11.7. The number of ether oxygens (including phenoxy) is 2. The first kappa shape index (κ1) is 10.8. The van der Waals surface area contributed by atoms with Crippen molar-refractivity contribution in [2.75, 3.05) is 14.2 Å². The summed E-state index contributed by atoms with van der Waals surface area (Å²) in [5.74, 6) is 0.898. The molecular weight excluding hydrogens is 209 g/mol. The monoisotopic (exact) mass is 221 g/mol. The van der Waals surface area contributed by atoms with Gasteiger partial charge in [0.25, 0.3) is 0 Å². The number of H-pyrrole nitrogens is 1. The van der Waals surface area contributed by atoms with Crippen LogP contribution < -0.4 is 14.9 Å². The van der Waals surface area contributed by atoms with Gasteiger partial charge in [-0.25, -0.2) is 0 Å². The molecule has 3 N–H and O–H groups in total. The molecule has 2 aromatic rings. The van der Waals surface area contributed by atoms with Crippen LogP contribution in [0.5, 0.6) is 11.6 Å². The molecule has 84 valence electrons. The van der Waals surface area contributed by atoms with Gasteiger partial charge in [-0.2, -0.15) is 0 Å². The smallest absolute Gasteiger partial charge is 0.494 e. The summed E-state index contributed by atoms with van der Waals surface area (Å²) in [5, 5.41) is 19.3. The SMILES string of the molecule is COc1[nH]c2cccc(OC)c2c1B(O)O. The van der Waals surface area contributed by atoms with Crippen LogP contribution in [0.1, 0.15) is 0 Å². The summed E-state index contributed by atoms with van der Waals surface area (Å²) in [4.78, 5) is 2.95. The van der Waals surface area contributed by atoms with Gasteiger partial charge in [0, 0.05) is 5.39 Å². The zero-order valence-corrected chi connectivity index (χ0v) is 9.02. The minimum Gasteiger partial charge on any atom is -0.496 e. The van der Waals surface area contributed by atoms with Crippen molar-refractivity contribution in [3.63, 3.8) is 0 Å². The Kier molecular flexibility index (Phi) is 2.76. The van der Waals surface area contributed by atoms with Gasteiger partial charge in [-0.15, -0.1) is 0 Å². The fraction of sp³-hybridized carbons (Fsp3) is 0.200. The second kappa shape index (κ2) is 4.07.